The Morgan fingerprint density at radius 3 is 2.62 bits per heavy atom. The molecule has 2 aromatic rings. The SMILES string of the molecule is O=C(NCc1cccc(C(F)(F)F)c1)C12C[C@H]3C[C@@H](C1)CC(n1cncn1)(C3)C2. The number of hydrogen-bond donors (Lipinski definition) is 1. The molecule has 0 radical (unpaired) electrons. The van der Waals surface area contributed by atoms with Crippen molar-refractivity contribution in [3.63, 3.8) is 0 Å². The number of carbonyl (C=O) groups is 1. The Hall–Kier alpha value is -2.38. The first-order valence-electron chi connectivity index (χ1n) is 10.1. The highest BCUT2D eigenvalue weighted by Gasteiger charge is 2.61. The van der Waals surface area contributed by atoms with E-state index in [9.17, 15) is 18.0 Å². The lowest BCUT2D eigenvalue weighted by molar-refractivity contribution is -0.156. The molecule has 1 heterocycles. The molecular weight excluding hydrogens is 381 g/mol. The fraction of sp³-hybridized carbons (Fsp3) is 0.571. The first kappa shape index (κ1) is 18.6. The van der Waals surface area contributed by atoms with Crippen molar-refractivity contribution < 1.29 is 18.0 Å². The maximum absolute atomic E-state index is 13.3. The standard InChI is InChI=1S/C21H23F3N4O/c22-21(23,24)17-3-1-2-14(5-17)10-26-18(29)19-6-15-4-16(7-19)9-20(8-15,11-19)28-13-25-12-27-28/h1-3,5,12-13,15-16H,4,6-11H2,(H,26,29)/t15-,16+,19?,20?. The summed E-state index contributed by atoms with van der Waals surface area (Å²) in [5, 5.41) is 7.34. The van der Waals surface area contributed by atoms with Crippen molar-refractivity contribution in [1.29, 1.82) is 0 Å². The highest BCUT2D eigenvalue weighted by molar-refractivity contribution is 5.83. The zero-order chi connectivity index (χ0) is 20.3. The fourth-order valence-corrected chi connectivity index (χ4v) is 6.43. The van der Waals surface area contributed by atoms with E-state index in [1.165, 1.54) is 6.07 Å². The van der Waals surface area contributed by atoms with E-state index in [0.29, 0.717) is 17.4 Å². The van der Waals surface area contributed by atoms with Gasteiger partial charge in [-0.05, 0) is 68.1 Å². The van der Waals surface area contributed by atoms with Gasteiger partial charge >= 0.3 is 6.18 Å². The smallest absolute Gasteiger partial charge is 0.352 e. The lowest BCUT2D eigenvalue weighted by Gasteiger charge is -2.60. The summed E-state index contributed by atoms with van der Waals surface area (Å²) in [6, 6.07) is 5.16. The van der Waals surface area contributed by atoms with Gasteiger partial charge in [-0.2, -0.15) is 18.3 Å². The van der Waals surface area contributed by atoms with E-state index in [4.69, 9.17) is 0 Å². The number of alkyl halides is 3. The molecule has 4 aliphatic carbocycles. The average Bonchev–Trinajstić information content (AvgIpc) is 3.20. The topological polar surface area (TPSA) is 59.8 Å². The fourth-order valence-electron chi connectivity index (χ4n) is 6.43. The molecule has 8 heteroatoms. The van der Waals surface area contributed by atoms with Crippen LogP contribution in [-0.4, -0.2) is 20.7 Å². The maximum atomic E-state index is 13.3. The highest BCUT2D eigenvalue weighted by Crippen LogP contribution is 2.64. The van der Waals surface area contributed by atoms with Gasteiger partial charge < -0.3 is 5.32 Å². The van der Waals surface area contributed by atoms with Crippen LogP contribution >= 0.6 is 0 Å². The molecule has 154 valence electrons. The summed E-state index contributed by atoms with van der Waals surface area (Å²) in [6.45, 7) is 0.107. The molecule has 4 saturated carbocycles. The zero-order valence-corrected chi connectivity index (χ0v) is 16.0. The summed E-state index contributed by atoms with van der Waals surface area (Å²) in [5.41, 5.74) is -0.848. The molecule has 5 nitrogen and oxygen atoms in total. The molecule has 4 bridgehead atoms. The van der Waals surface area contributed by atoms with Gasteiger partial charge in [0, 0.05) is 6.54 Å². The van der Waals surface area contributed by atoms with Gasteiger partial charge in [-0.25, -0.2) is 9.67 Å². The molecular formula is C21H23F3N4O. The second-order valence-corrected chi connectivity index (χ2v) is 9.19. The molecule has 2 unspecified atom stereocenters. The van der Waals surface area contributed by atoms with E-state index in [1.807, 2.05) is 4.68 Å². The van der Waals surface area contributed by atoms with Crippen LogP contribution in [0.1, 0.15) is 49.7 Å². The van der Waals surface area contributed by atoms with Crippen LogP contribution in [0.3, 0.4) is 0 Å². The zero-order valence-electron chi connectivity index (χ0n) is 16.0. The first-order valence-corrected chi connectivity index (χ1v) is 10.1. The lowest BCUT2D eigenvalue weighted by Crippen LogP contribution is -2.61. The normalized spacial score (nSPS) is 33.1. The second-order valence-electron chi connectivity index (χ2n) is 9.19. The Morgan fingerprint density at radius 2 is 1.97 bits per heavy atom. The monoisotopic (exact) mass is 404 g/mol. The molecule has 0 spiro atoms. The van der Waals surface area contributed by atoms with Crippen molar-refractivity contribution >= 4 is 5.91 Å². The Bertz CT molecular complexity index is 910. The van der Waals surface area contributed by atoms with Gasteiger partial charge in [0.25, 0.3) is 0 Å². The molecule has 4 atom stereocenters. The summed E-state index contributed by atoms with van der Waals surface area (Å²) >= 11 is 0. The molecule has 4 fully saturated rings. The van der Waals surface area contributed by atoms with E-state index in [0.717, 1.165) is 50.7 Å². The van der Waals surface area contributed by atoms with Crippen LogP contribution in [0.15, 0.2) is 36.9 Å². The van der Waals surface area contributed by atoms with E-state index in [1.54, 1.807) is 18.7 Å². The minimum atomic E-state index is -4.38. The van der Waals surface area contributed by atoms with Crippen molar-refractivity contribution in [3.8, 4) is 0 Å². The molecule has 4 aliphatic rings. The summed E-state index contributed by atoms with van der Waals surface area (Å²) in [7, 11) is 0. The number of amides is 1. The van der Waals surface area contributed by atoms with Crippen LogP contribution in [0.2, 0.25) is 0 Å². The summed E-state index contributed by atoms with van der Waals surface area (Å²) < 4.78 is 40.8. The minimum Gasteiger partial charge on any atom is -0.352 e. The van der Waals surface area contributed by atoms with Crippen LogP contribution in [0, 0.1) is 17.3 Å². The second kappa shape index (κ2) is 6.31. The molecule has 1 N–H and O–H groups in total. The number of benzene rings is 1. The van der Waals surface area contributed by atoms with Crippen molar-refractivity contribution in [2.24, 2.45) is 17.3 Å². The molecule has 0 aliphatic heterocycles. The van der Waals surface area contributed by atoms with Crippen LogP contribution < -0.4 is 5.32 Å². The largest absolute Gasteiger partial charge is 0.416 e. The Kier molecular flexibility index (Phi) is 4.05. The Labute approximate surface area is 166 Å². The highest BCUT2D eigenvalue weighted by atomic mass is 19.4. The Morgan fingerprint density at radius 1 is 1.21 bits per heavy atom. The summed E-state index contributed by atoms with van der Waals surface area (Å²) in [4.78, 5) is 17.4. The van der Waals surface area contributed by atoms with Crippen molar-refractivity contribution in [2.45, 2.75) is 56.8 Å². The molecule has 1 aromatic carbocycles. The number of nitrogens with zero attached hydrogens (tertiary/aromatic N) is 3. The quantitative estimate of drug-likeness (QED) is 0.841. The van der Waals surface area contributed by atoms with Gasteiger partial charge in [-0.15, -0.1) is 0 Å². The third-order valence-electron chi connectivity index (χ3n) is 7.12. The van der Waals surface area contributed by atoms with Gasteiger partial charge in [-0.1, -0.05) is 12.1 Å². The van der Waals surface area contributed by atoms with Crippen LogP contribution in [0.25, 0.3) is 0 Å². The van der Waals surface area contributed by atoms with Crippen molar-refractivity contribution in [3.05, 3.63) is 48.0 Å². The van der Waals surface area contributed by atoms with Gasteiger partial charge in [0.2, 0.25) is 5.91 Å². The predicted molar refractivity (Wildman–Crippen MR) is 98.4 cm³/mol. The van der Waals surface area contributed by atoms with Gasteiger partial charge in [-0.3, -0.25) is 4.79 Å². The summed E-state index contributed by atoms with van der Waals surface area (Å²) in [6.07, 6.45) is 4.54. The number of nitrogens with one attached hydrogen (secondary N) is 1. The van der Waals surface area contributed by atoms with Crippen LogP contribution in [0.4, 0.5) is 13.2 Å². The number of aromatic nitrogens is 3. The third-order valence-corrected chi connectivity index (χ3v) is 7.12. The Balaban J connectivity index is 1.35. The van der Waals surface area contributed by atoms with E-state index in [2.05, 4.69) is 15.4 Å². The van der Waals surface area contributed by atoms with E-state index >= 15 is 0 Å². The molecule has 29 heavy (non-hydrogen) atoms. The molecule has 6 rings (SSSR count). The van der Waals surface area contributed by atoms with Crippen molar-refractivity contribution in [2.75, 3.05) is 0 Å². The van der Waals surface area contributed by atoms with Gasteiger partial charge in [0.05, 0.1) is 16.5 Å². The minimum absolute atomic E-state index is 0.0338. The first-order chi connectivity index (χ1) is 13.8. The number of halogens is 3. The molecule has 1 aromatic heterocycles. The van der Waals surface area contributed by atoms with Gasteiger partial charge in [0.15, 0.2) is 0 Å². The van der Waals surface area contributed by atoms with Crippen LogP contribution in [-0.2, 0) is 23.1 Å². The molecule has 0 saturated heterocycles. The number of rotatable bonds is 4. The number of carbonyl (C=O) groups excluding carboxylic acids is 1. The maximum Gasteiger partial charge on any atom is 0.416 e. The average molecular weight is 404 g/mol. The van der Waals surface area contributed by atoms with Crippen molar-refractivity contribution in [1.82, 2.24) is 20.1 Å². The number of hydrogen-bond acceptors (Lipinski definition) is 3. The van der Waals surface area contributed by atoms with Crippen LogP contribution in [0.5, 0.6) is 0 Å². The lowest BCUT2D eigenvalue weighted by atomic mass is 9.46. The predicted octanol–water partition coefficient (Wildman–Crippen LogP) is 3.91. The van der Waals surface area contributed by atoms with E-state index in [-0.39, 0.29) is 18.0 Å². The third kappa shape index (κ3) is 3.13. The van der Waals surface area contributed by atoms with E-state index < -0.39 is 17.2 Å². The van der Waals surface area contributed by atoms with Gasteiger partial charge in [0.1, 0.15) is 12.7 Å². The summed E-state index contributed by atoms with van der Waals surface area (Å²) in [5.74, 6) is 0.938. The molecule has 1 amide bonds.